The summed E-state index contributed by atoms with van der Waals surface area (Å²) in [5.74, 6) is 0.805. The number of rotatable bonds is 12. The zero-order valence-electron chi connectivity index (χ0n) is 17.9. The van der Waals surface area contributed by atoms with Gasteiger partial charge in [0.05, 0.1) is 37.5 Å². The number of hydrogen-bond donors (Lipinski definition) is 1. The van der Waals surface area contributed by atoms with E-state index in [0.29, 0.717) is 19.2 Å². The van der Waals surface area contributed by atoms with Crippen molar-refractivity contribution in [2.24, 2.45) is 4.99 Å². The minimum absolute atomic E-state index is 0.599. The predicted octanol–water partition coefficient (Wildman–Crippen LogP) is 4.50. The monoisotopic (exact) mass is 396 g/mol. The molecule has 0 aliphatic rings. The van der Waals surface area contributed by atoms with Gasteiger partial charge in [-0.05, 0) is 43.5 Å². The van der Waals surface area contributed by atoms with E-state index >= 15 is 0 Å². The molecular formula is C23H32N4O2. The molecule has 0 aliphatic heterocycles. The van der Waals surface area contributed by atoms with Crippen molar-refractivity contribution < 1.29 is 9.47 Å². The first kappa shape index (κ1) is 22.3. The van der Waals surface area contributed by atoms with Gasteiger partial charge in [-0.2, -0.15) is 4.98 Å². The van der Waals surface area contributed by atoms with Crippen LogP contribution in [0.4, 0.5) is 0 Å². The molecule has 0 saturated carbocycles. The van der Waals surface area contributed by atoms with Gasteiger partial charge in [0, 0.05) is 19.8 Å². The van der Waals surface area contributed by atoms with Crippen LogP contribution in [0.25, 0.3) is 11.0 Å². The zero-order chi connectivity index (χ0) is 20.9. The molecular weight excluding hydrogens is 364 g/mol. The number of benzene rings is 1. The topological polar surface area (TPSA) is 60.7 Å². The molecule has 1 aromatic heterocycles. The maximum atomic E-state index is 5.95. The van der Waals surface area contributed by atoms with Crippen molar-refractivity contribution in [1.82, 2.24) is 14.9 Å². The van der Waals surface area contributed by atoms with Crippen LogP contribution in [0.3, 0.4) is 0 Å². The summed E-state index contributed by atoms with van der Waals surface area (Å²) in [4.78, 5) is 9.02. The molecule has 0 radical (unpaired) electrons. The molecule has 0 atom stereocenters. The van der Waals surface area contributed by atoms with E-state index in [9.17, 15) is 0 Å². The van der Waals surface area contributed by atoms with Gasteiger partial charge in [0.15, 0.2) is 0 Å². The Bertz CT molecular complexity index is 878. The number of imidazole rings is 1. The first-order valence-corrected chi connectivity index (χ1v) is 10.0. The Labute approximate surface area is 173 Å². The number of methoxy groups -OCH3 is 1. The maximum absolute atomic E-state index is 5.95. The van der Waals surface area contributed by atoms with E-state index < -0.39 is 0 Å². The lowest BCUT2D eigenvalue weighted by atomic mass is 10.2. The van der Waals surface area contributed by atoms with E-state index in [1.54, 1.807) is 7.11 Å². The lowest BCUT2D eigenvalue weighted by Gasteiger charge is -2.10. The Morgan fingerprint density at radius 2 is 2.14 bits per heavy atom. The molecule has 0 unspecified atom stereocenters. The van der Waals surface area contributed by atoms with Crippen LogP contribution >= 0.6 is 0 Å². The number of allylic oxidation sites excluding steroid dienone is 3. The standard InChI is InChI=1S/C23H32N4O2/c1-5-10-19(16-24-3)17-25-18-20(11-6-2)29-15-9-14-27-22-13-8-7-12-21(22)26-23(27)28-4/h5,7-8,10-13,16,18,24H,6,9,14-15,17H2,1-4H3/b10-5-,19-16+,20-11+,25-18?. The van der Waals surface area contributed by atoms with E-state index in [0.717, 1.165) is 41.8 Å². The summed E-state index contributed by atoms with van der Waals surface area (Å²) in [5.41, 5.74) is 3.12. The van der Waals surface area contributed by atoms with Crippen LogP contribution in [0.5, 0.6) is 6.01 Å². The van der Waals surface area contributed by atoms with Crippen LogP contribution < -0.4 is 10.1 Å². The van der Waals surface area contributed by atoms with Crippen LogP contribution in [0.15, 0.2) is 65.0 Å². The number of aromatic nitrogens is 2. The summed E-state index contributed by atoms with van der Waals surface area (Å²) in [6.07, 6.45) is 11.6. The number of para-hydroxylation sites is 2. The molecule has 1 aromatic carbocycles. The van der Waals surface area contributed by atoms with E-state index in [-0.39, 0.29) is 0 Å². The Hall–Kier alpha value is -3.02. The molecule has 0 saturated heterocycles. The third-order valence-electron chi connectivity index (χ3n) is 4.21. The molecule has 156 valence electrons. The van der Waals surface area contributed by atoms with Gasteiger partial charge in [0.1, 0.15) is 5.76 Å². The zero-order valence-corrected chi connectivity index (χ0v) is 17.9. The lowest BCUT2D eigenvalue weighted by Crippen LogP contribution is -2.05. The van der Waals surface area contributed by atoms with Crippen molar-refractivity contribution in [3.05, 3.63) is 60.0 Å². The molecule has 0 amide bonds. The molecule has 2 rings (SSSR count). The Kier molecular flexibility index (Phi) is 9.55. The number of aliphatic imine (C=N–C) groups is 1. The average Bonchev–Trinajstić information content (AvgIpc) is 3.09. The van der Waals surface area contributed by atoms with Gasteiger partial charge in [0.2, 0.25) is 0 Å². The Morgan fingerprint density at radius 3 is 2.86 bits per heavy atom. The third kappa shape index (κ3) is 6.82. The Morgan fingerprint density at radius 1 is 1.31 bits per heavy atom. The molecule has 2 aromatic rings. The second kappa shape index (κ2) is 12.4. The predicted molar refractivity (Wildman–Crippen MR) is 121 cm³/mol. The Balaban J connectivity index is 1.91. The average molecular weight is 397 g/mol. The van der Waals surface area contributed by atoms with Crippen molar-refractivity contribution in [3.63, 3.8) is 0 Å². The molecule has 1 heterocycles. The highest BCUT2D eigenvalue weighted by atomic mass is 16.5. The highest BCUT2D eigenvalue weighted by molar-refractivity contribution is 5.77. The van der Waals surface area contributed by atoms with E-state index in [1.165, 1.54) is 0 Å². The van der Waals surface area contributed by atoms with Crippen LogP contribution in [-0.2, 0) is 11.3 Å². The molecule has 6 heteroatoms. The van der Waals surface area contributed by atoms with Crippen LogP contribution in [-0.4, -0.2) is 43.1 Å². The highest BCUT2D eigenvalue weighted by Gasteiger charge is 2.10. The summed E-state index contributed by atoms with van der Waals surface area (Å²) in [7, 11) is 3.54. The molecule has 0 aliphatic carbocycles. The van der Waals surface area contributed by atoms with Gasteiger partial charge >= 0.3 is 0 Å². The summed E-state index contributed by atoms with van der Waals surface area (Å²) >= 11 is 0. The lowest BCUT2D eigenvalue weighted by molar-refractivity contribution is 0.220. The van der Waals surface area contributed by atoms with Gasteiger partial charge in [-0.1, -0.05) is 31.2 Å². The minimum Gasteiger partial charge on any atom is -0.492 e. The van der Waals surface area contributed by atoms with Crippen LogP contribution in [0.2, 0.25) is 0 Å². The van der Waals surface area contributed by atoms with Gasteiger partial charge < -0.3 is 14.8 Å². The number of nitrogens with zero attached hydrogens (tertiary/aromatic N) is 3. The highest BCUT2D eigenvalue weighted by Crippen LogP contribution is 2.21. The van der Waals surface area contributed by atoms with E-state index in [2.05, 4.69) is 32.9 Å². The fourth-order valence-electron chi connectivity index (χ4n) is 2.98. The third-order valence-corrected chi connectivity index (χ3v) is 4.21. The molecule has 29 heavy (non-hydrogen) atoms. The molecule has 1 N–H and O–H groups in total. The van der Waals surface area contributed by atoms with Gasteiger partial charge in [-0.3, -0.25) is 9.56 Å². The minimum atomic E-state index is 0.599. The quantitative estimate of drug-likeness (QED) is 0.248. The smallest absolute Gasteiger partial charge is 0.297 e. The number of fused-ring (bicyclic) bond motifs is 1. The number of nitrogens with one attached hydrogen (secondary N) is 1. The van der Waals surface area contributed by atoms with Crippen molar-refractivity contribution in [1.29, 1.82) is 0 Å². The van der Waals surface area contributed by atoms with Gasteiger partial charge in [0.25, 0.3) is 6.01 Å². The van der Waals surface area contributed by atoms with E-state index in [1.807, 2.05) is 62.8 Å². The summed E-state index contributed by atoms with van der Waals surface area (Å²) in [5, 5.41) is 3.04. The fourth-order valence-corrected chi connectivity index (χ4v) is 2.98. The maximum Gasteiger partial charge on any atom is 0.297 e. The number of hydrogen-bond acceptors (Lipinski definition) is 5. The van der Waals surface area contributed by atoms with Crippen molar-refractivity contribution >= 4 is 17.2 Å². The van der Waals surface area contributed by atoms with Gasteiger partial charge in [-0.15, -0.1) is 0 Å². The summed E-state index contributed by atoms with van der Waals surface area (Å²) < 4.78 is 13.5. The second-order valence-corrected chi connectivity index (χ2v) is 6.43. The van der Waals surface area contributed by atoms with Crippen molar-refractivity contribution in [2.45, 2.75) is 33.2 Å². The fraction of sp³-hybridized carbons (Fsp3) is 0.391. The summed E-state index contributed by atoms with van der Waals surface area (Å²) in [6.45, 7) is 6.06. The summed E-state index contributed by atoms with van der Waals surface area (Å²) in [6, 6.07) is 8.68. The second-order valence-electron chi connectivity index (χ2n) is 6.43. The first-order chi connectivity index (χ1) is 14.2. The van der Waals surface area contributed by atoms with Crippen LogP contribution in [0, 0.1) is 0 Å². The number of ether oxygens (including phenoxy) is 2. The molecule has 0 fully saturated rings. The van der Waals surface area contributed by atoms with E-state index in [4.69, 9.17) is 9.47 Å². The SMILES string of the molecule is C/C=C\C(=C/NC)CN=C/C(=C\CC)OCCCn1c(OC)nc2ccccc21. The van der Waals surface area contributed by atoms with Gasteiger partial charge in [-0.25, -0.2) is 0 Å². The van der Waals surface area contributed by atoms with Crippen molar-refractivity contribution in [3.8, 4) is 6.01 Å². The molecule has 6 nitrogen and oxygen atoms in total. The first-order valence-electron chi connectivity index (χ1n) is 10.0. The van der Waals surface area contributed by atoms with Crippen molar-refractivity contribution in [2.75, 3.05) is 27.3 Å². The normalized spacial score (nSPS) is 13.0. The largest absolute Gasteiger partial charge is 0.492 e. The number of aryl methyl sites for hydroxylation is 1. The molecule has 0 spiro atoms. The molecule has 0 bridgehead atoms. The van der Waals surface area contributed by atoms with Crippen LogP contribution in [0.1, 0.15) is 26.7 Å².